The Labute approximate surface area is 122 Å². The van der Waals surface area contributed by atoms with E-state index in [1.807, 2.05) is 0 Å². The van der Waals surface area contributed by atoms with Gasteiger partial charge in [-0.05, 0) is 24.3 Å². The highest BCUT2D eigenvalue weighted by Crippen LogP contribution is 2.31. The Kier molecular flexibility index (Phi) is 3.13. The summed E-state index contributed by atoms with van der Waals surface area (Å²) < 4.78 is 38.9. The number of halogens is 3. The van der Waals surface area contributed by atoms with E-state index >= 15 is 0 Å². The number of para-hydroxylation sites is 1. The fourth-order valence-electron chi connectivity index (χ4n) is 2.25. The zero-order valence-electron chi connectivity index (χ0n) is 11.0. The molecule has 22 heavy (non-hydrogen) atoms. The molecule has 0 saturated heterocycles. The third-order valence-corrected chi connectivity index (χ3v) is 3.26. The largest absolute Gasteiger partial charge is 0.614 e. The second kappa shape index (κ2) is 4.87. The monoisotopic (exact) mass is 306 g/mol. The number of nitrogens with zero attached hydrogens (tertiary/aromatic N) is 2. The average molecular weight is 306 g/mol. The van der Waals surface area contributed by atoms with Crippen molar-refractivity contribution in [1.82, 2.24) is 0 Å². The molecule has 0 aliphatic carbocycles. The van der Waals surface area contributed by atoms with Crippen molar-refractivity contribution >= 4 is 10.9 Å². The molecule has 0 N–H and O–H groups in total. The SMILES string of the molecule is [O-][n+]1cc2ccccc2[n+]([O-])c1-c1cccc(C(F)(F)F)c1. The summed E-state index contributed by atoms with van der Waals surface area (Å²) in [7, 11) is 0. The topological polar surface area (TPSA) is 53.9 Å². The number of alkyl halides is 3. The van der Waals surface area contributed by atoms with Crippen LogP contribution in [0, 0.1) is 10.4 Å². The van der Waals surface area contributed by atoms with Crippen LogP contribution in [0.5, 0.6) is 0 Å². The van der Waals surface area contributed by atoms with Crippen molar-refractivity contribution < 1.29 is 22.6 Å². The molecule has 0 aliphatic heterocycles. The van der Waals surface area contributed by atoms with Crippen LogP contribution in [0.4, 0.5) is 13.2 Å². The number of benzene rings is 2. The van der Waals surface area contributed by atoms with E-state index in [1.54, 1.807) is 18.2 Å². The Morgan fingerprint density at radius 1 is 0.909 bits per heavy atom. The molecule has 7 heteroatoms. The molecule has 0 spiro atoms. The van der Waals surface area contributed by atoms with E-state index in [1.165, 1.54) is 18.3 Å². The molecule has 0 unspecified atom stereocenters. The van der Waals surface area contributed by atoms with E-state index < -0.39 is 17.6 Å². The predicted octanol–water partition coefficient (Wildman–Crippen LogP) is 2.79. The van der Waals surface area contributed by atoms with Gasteiger partial charge >= 0.3 is 12.0 Å². The van der Waals surface area contributed by atoms with Gasteiger partial charge in [0.25, 0.3) is 0 Å². The molecular formula is C15H9F3N2O2. The van der Waals surface area contributed by atoms with Gasteiger partial charge in [-0.1, -0.05) is 18.2 Å². The van der Waals surface area contributed by atoms with Crippen molar-refractivity contribution in [1.29, 1.82) is 0 Å². The Hall–Kier alpha value is -2.83. The van der Waals surface area contributed by atoms with Crippen LogP contribution in [0.2, 0.25) is 0 Å². The highest BCUT2D eigenvalue weighted by molar-refractivity contribution is 5.74. The minimum Gasteiger partial charge on any atom is -0.614 e. The van der Waals surface area contributed by atoms with Crippen LogP contribution < -0.4 is 9.46 Å². The Morgan fingerprint density at radius 3 is 2.36 bits per heavy atom. The average Bonchev–Trinajstić information content (AvgIpc) is 2.47. The lowest BCUT2D eigenvalue weighted by atomic mass is 10.1. The molecule has 0 saturated carbocycles. The Balaban J connectivity index is 2.27. The highest BCUT2D eigenvalue weighted by atomic mass is 19.4. The molecule has 112 valence electrons. The lowest BCUT2D eigenvalue weighted by molar-refractivity contribution is -0.710. The molecule has 0 radical (unpaired) electrons. The fourth-order valence-corrected chi connectivity index (χ4v) is 2.25. The van der Waals surface area contributed by atoms with Crippen LogP contribution in [-0.2, 0) is 6.18 Å². The summed E-state index contributed by atoms with van der Waals surface area (Å²) in [6.45, 7) is 0. The first-order valence-electron chi connectivity index (χ1n) is 6.30. The number of hydrogen-bond donors (Lipinski definition) is 0. The molecule has 0 bridgehead atoms. The van der Waals surface area contributed by atoms with E-state index in [0.717, 1.165) is 18.2 Å². The number of aromatic nitrogens is 2. The molecule has 3 aromatic rings. The summed E-state index contributed by atoms with van der Waals surface area (Å²) in [6.07, 6.45) is -3.38. The van der Waals surface area contributed by atoms with Gasteiger partial charge in [-0.2, -0.15) is 13.2 Å². The first-order valence-corrected chi connectivity index (χ1v) is 6.30. The van der Waals surface area contributed by atoms with E-state index in [9.17, 15) is 23.6 Å². The fraction of sp³-hybridized carbons (Fsp3) is 0.0667. The van der Waals surface area contributed by atoms with Crippen molar-refractivity contribution in [2.75, 3.05) is 0 Å². The maximum atomic E-state index is 12.8. The van der Waals surface area contributed by atoms with E-state index in [0.29, 0.717) is 10.1 Å². The molecular weight excluding hydrogens is 297 g/mol. The number of hydrogen-bond acceptors (Lipinski definition) is 2. The molecule has 0 fully saturated rings. The molecule has 0 aliphatic rings. The van der Waals surface area contributed by atoms with Gasteiger partial charge in [-0.25, -0.2) is 0 Å². The van der Waals surface area contributed by atoms with Gasteiger partial charge in [0.1, 0.15) is 10.9 Å². The summed E-state index contributed by atoms with van der Waals surface area (Å²) >= 11 is 0. The predicted molar refractivity (Wildman–Crippen MR) is 72.3 cm³/mol. The minimum atomic E-state index is -4.55. The smallest absolute Gasteiger partial charge is 0.474 e. The van der Waals surface area contributed by atoms with Crippen molar-refractivity contribution in [3.8, 4) is 11.4 Å². The molecule has 2 aromatic carbocycles. The van der Waals surface area contributed by atoms with Gasteiger partial charge < -0.3 is 10.4 Å². The van der Waals surface area contributed by atoms with E-state index in [2.05, 4.69) is 0 Å². The van der Waals surface area contributed by atoms with Gasteiger partial charge in [0.15, 0.2) is 0 Å². The van der Waals surface area contributed by atoms with E-state index in [-0.39, 0.29) is 15.8 Å². The lowest BCUT2D eigenvalue weighted by Crippen LogP contribution is -2.45. The van der Waals surface area contributed by atoms with Gasteiger partial charge in [-0.15, -0.1) is 9.46 Å². The van der Waals surface area contributed by atoms with Crippen LogP contribution in [-0.4, -0.2) is 0 Å². The molecule has 3 rings (SSSR count). The quantitative estimate of drug-likeness (QED) is 0.513. The minimum absolute atomic E-state index is 0.0921. The molecule has 1 heterocycles. The highest BCUT2D eigenvalue weighted by Gasteiger charge is 2.33. The Morgan fingerprint density at radius 2 is 1.64 bits per heavy atom. The van der Waals surface area contributed by atoms with Gasteiger partial charge in [0.2, 0.25) is 11.7 Å². The lowest BCUT2D eigenvalue weighted by Gasteiger charge is -2.10. The second-order valence-corrected chi connectivity index (χ2v) is 4.71. The summed E-state index contributed by atoms with van der Waals surface area (Å²) in [5.41, 5.74) is -0.800. The summed E-state index contributed by atoms with van der Waals surface area (Å²) in [5, 5.41) is 24.8. The van der Waals surface area contributed by atoms with Crippen molar-refractivity contribution in [2.24, 2.45) is 0 Å². The maximum Gasteiger partial charge on any atom is 0.474 e. The van der Waals surface area contributed by atoms with Gasteiger partial charge in [0.05, 0.1) is 5.56 Å². The van der Waals surface area contributed by atoms with Crippen molar-refractivity contribution in [2.45, 2.75) is 6.18 Å². The van der Waals surface area contributed by atoms with Gasteiger partial charge in [0, 0.05) is 6.07 Å². The number of rotatable bonds is 1. The molecule has 1 aromatic heterocycles. The van der Waals surface area contributed by atoms with Gasteiger partial charge in [-0.3, -0.25) is 0 Å². The Bertz CT molecular complexity index is 863. The third kappa shape index (κ3) is 2.30. The first kappa shape index (κ1) is 14.1. The first-order chi connectivity index (χ1) is 10.4. The summed E-state index contributed by atoms with van der Waals surface area (Å²) in [6, 6.07) is 10.5. The third-order valence-electron chi connectivity index (χ3n) is 3.26. The zero-order valence-corrected chi connectivity index (χ0v) is 11.0. The summed E-state index contributed by atoms with van der Waals surface area (Å²) in [4.78, 5) is 0. The van der Waals surface area contributed by atoms with Crippen molar-refractivity contribution in [3.05, 3.63) is 70.7 Å². The van der Waals surface area contributed by atoms with Crippen LogP contribution in [0.1, 0.15) is 5.56 Å². The van der Waals surface area contributed by atoms with Crippen molar-refractivity contribution in [3.63, 3.8) is 0 Å². The second-order valence-electron chi connectivity index (χ2n) is 4.71. The van der Waals surface area contributed by atoms with E-state index in [4.69, 9.17) is 0 Å². The maximum absolute atomic E-state index is 12.8. The van der Waals surface area contributed by atoms with Crippen LogP contribution >= 0.6 is 0 Å². The molecule has 0 amide bonds. The normalized spacial score (nSPS) is 11.8. The zero-order chi connectivity index (χ0) is 15.9. The van der Waals surface area contributed by atoms with Crippen LogP contribution in [0.25, 0.3) is 22.3 Å². The van der Waals surface area contributed by atoms with Crippen LogP contribution in [0.3, 0.4) is 0 Å². The van der Waals surface area contributed by atoms with Crippen LogP contribution in [0.15, 0.2) is 54.7 Å². The number of fused-ring (bicyclic) bond motifs is 1. The summed E-state index contributed by atoms with van der Waals surface area (Å²) in [5.74, 6) is -0.398. The standard InChI is InChI=1S/C15H9F3N2O2/c16-15(17,18)12-6-3-5-10(8-12)14-19(21)9-11-4-1-2-7-13(11)20(14)22/h1-9H. The molecule has 0 atom stereocenters. The molecule has 4 nitrogen and oxygen atoms in total.